The molecule has 3 rings (SSSR count). The van der Waals surface area contributed by atoms with Gasteiger partial charge >= 0.3 is 0 Å². The standard InChI is InChI=1S/C16H18ClN3O/c1-21-15-7-3-2-6-14(15)19-9-11-20(12-10-19)16-13(17)5-4-8-18-16/h2-8H,9-12H2,1H3. The van der Waals surface area contributed by atoms with Crippen molar-refractivity contribution in [2.24, 2.45) is 0 Å². The number of rotatable bonds is 3. The lowest BCUT2D eigenvalue weighted by Crippen LogP contribution is -2.47. The highest BCUT2D eigenvalue weighted by atomic mass is 35.5. The molecule has 0 saturated carbocycles. The molecule has 1 fully saturated rings. The lowest BCUT2D eigenvalue weighted by atomic mass is 10.2. The summed E-state index contributed by atoms with van der Waals surface area (Å²) >= 11 is 6.22. The molecule has 1 saturated heterocycles. The Morgan fingerprint density at radius 2 is 1.71 bits per heavy atom. The van der Waals surface area contributed by atoms with E-state index in [0.29, 0.717) is 5.02 Å². The van der Waals surface area contributed by atoms with Crippen LogP contribution in [0.25, 0.3) is 0 Å². The number of para-hydroxylation sites is 2. The summed E-state index contributed by atoms with van der Waals surface area (Å²) in [4.78, 5) is 8.95. The number of halogens is 1. The molecule has 0 N–H and O–H groups in total. The van der Waals surface area contributed by atoms with Gasteiger partial charge in [-0.3, -0.25) is 0 Å². The van der Waals surface area contributed by atoms with Crippen LogP contribution in [-0.4, -0.2) is 38.3 Å². The predicted octanol–water partition coefficient (Wildman–Crippen LogP) is 3.07. The first-order valence-corrected chi connectivity index (χ1v) is 7.41. The van der Waals surface area contributed by atoms with Gasteiger partial charge in [0.1, 0.15) is 11.6 Å². The first-order chi connectivity index (χ1) is 10.3. The van der Waals surface area contributed by atoms with E-state index < -0.39 is 0 Å². The van der Waals surface area contributed by atoms with Gasteiger partial charge in [-0.25, -0.2) is 4.98 Å². The van der Waals surface area contributed by atoms with Crippen molar-refractivity contribution in [1.82, 2.24) is 4.98 Å². The van der Waals surface area contributed by atoms with Crippen LogP contribution < -0.4 is 14.5 Å². The van der Waals surface area contributed by atoms with E-state index in [1.165, 1.54) is 0 Å². The Kier molecular flexibility index (Phi) is 4.15. The average Bonchev–Trinajstić information content (AvgIpc) is 2.55. The number of piperazine rings is 1. The number of pyridine rings is 1. The van der Waals surface area contributed by atoms with Gasteiger partial charge in [0.05, 0.1) is 17.8 Å². The molecule has 0 radical (unpaired) electrons. The van der Waals surface area contributed by atoms with Crippen molar-refractivity contribution in [3.63, 3.8) is 0 Å². The Bertz CT molecular complexity index is 612. The highest BCUT2D eigenvalue weighted by Gasteiger charge is 2.21. The first kappa shape index (κ1) is 14.0. The van der Waals surface area contributed by atoms with Crippen molar-refractivity contribution in [2.45, 2.75) is 0 Å². The van der Waals surface area contributed by atoms with Crippen molar-refractivity contribution < 1.29 is 4.74 Å². The van der Waals surface area contributed by atoms with E-state index in [1.54, 1.807) is 13.3 Å². The molecule has 1 aliphatic rings. The van der Waals surface area contributed by atoms with Crippen molar-refractivity contribution in [3.05, 3.63) is 47.6 Å². The maximum absolute atomic E-state index is 6.22. The van der Waals surface area contributed by atoms with Crippen LogP contribution >= 0.6 is 11.6 Å². The van der Waals surface area contributed by atoms with Crippen LogP contribution in [0.15, 0.2) is 42.6 Å². The minimum absolute atomic E-state index is 0.711. The van der Waals surface area contributed by atoms with Gasteiger partial charge in [-0.15, -0.1) is 0 Å². The normalized spacial score (nSPS) is 15.1. The maximum atomic E-state index is 6.22. The topological polar surface area (TPSA) is 28.6 Å². The Balaban J connectivity index is 1.72. The molecule has 110 valence electrons. The number of hydrogen-bond donors (Lipinski definition) is 0. The van der Waals surface area contributed by atoms with Crippen LogP contribution in [0.4, 0.5) is 11.5 Å². The van der Waals surface area contributed by atoms with E-state index in [0.717, 1.165) is 43.4 Å². The molecule has 21 heavy (non-hydrogen) atoms. The number of ether oxygens (including phenoxy) is 1. The quantitative estimate of drug-likeness (QED) is 0.871. The van der Waals surface area contributed by atoms with E-state index in [2.05, 4.69) is 20.9 Å². The SMILES string of the molecule is COc1ccccc1N1CCN(c2ncccc2Cl)CC1. The zero-order chi connectivity index (χ0) is 14.7. The highest BCUT2D eigenvalue weighted by molar-refractivity contribution is 6.32. The number of nitrogens with zero attached hydrogens (tertiary/aromatic N) is 3. The van der Waals surface area contributed by atoms with Crippen LogP contribution in [0.1, 0.15) is 0 Å². The first-order valence-electron chi connectivity index (χ1n) is 7.03. The summed E-state index contributed by atoms with van der Waals surface area (Å²) in [6.07, 6.45) is 1.79. The van der Waals surface area contributed by atoms with Gasteiger partial charge in [0.15, 0.2) is 0 Å². The summed E-state index contributed by atoms with van der Waals surface area (Å²) < 4.78 is 5.44. The highest BCUT2D eigenvalue weighted by Crippen LogP contribution is 2.30. The zero-order valence-corrected chi connectivity index (χ0v) is 12.8. The molecule has 0 unspecified atom stereocenters. The zero-order valence-electron chi connectivity index (χ0n) is 12.0. The van der Waals surface area contributed by atoms with E-state index in [9.17, 15) is 0 Å². The van der Waals surface area contributed by atoms with Gasteiger partial charge in [-0.05, 0) is 24.3 Å². The lowest BCUT2D eigenvalue weighted by molar-refractivity contribution is 0.413. The largest absolute Gasteiger partial charge is 0.495 e. The van der Waals surface area contributed by atoms with Crippen LogP contribution in [0, 0.1) is 0 Å². The molecule has 1 aromatic heterocycles. The molecule has 4 nitrogen and oxygen atoms in total. The molecule has 5 heteroatoms. The minimum Gasteiger partial charge on any atom is -0.495 e. The lowest BCUT2D eigenvalue weighted by Gasteiger charge is -2.37. The number of methoxy groups -OCH3 is 1. The van der Waals surface area contributed by atoms with E-state index >= 15 is 0 Å². The molecule has 0 amide bonds. The molecule has 2 aromatic rings. The fraction of sp³-hybridized carbons (Fsp3) is 0.312. The molecule has 0 spiro atoms. The predicted molar refractivity (Wildman–Crippen MR) is 86.7 cm³/mol. The summed E-state index contributed by atoms with van der Waals surface area (Å²) in [6.45, 7) is 3.64. The molecular formula is C16H18ClN3O. The van der Waals surface area contributed by atoms with Crippen LogP contribution in [0.3, 0.4) is 0 Å². The van der Waals surface area contributed by atoms with Crippen LogP contribution in [0.2, 0.25) is 5.02 Å². The Morgan fingerprint density at radius 1 is 1.00 bits per heavy atom. The third-order valence-electron chi connectivity index (χ3n) is 3.74. The van der Waals surface area contributed by atoms with Crippen molar-refractivity contribution in [3.8, 4) is 5.75 Å². The second-order valence-electron chi connectivity index (χ2n) is 4.95. The van der Waals surface area contributed by atoms with Crippen LogP contribution in [0.5, 0.6) is 5.75 Å². The van der Waals surface area contributed by atoms with Gasteiger partial charge in [0.25, 0.3) is 0 Å². The minimum atomic E-state index is 0.711. The second-order valence-corrected chi connectivity index (χ2v) is 5.36. The second kappa shape index (κ2) is 6.22. The third kappa shape index (κ3) is 2.90. The van der Waals surface area contributed by atoms with Crippen LogP contribution in [-0.2, 0) is 0 Å². The number of anilines is 2. The van der Waals surface area contributed by atoms with Crippen molar-refractivity contribution in [2.75, 3.05) is 43.1 Å². The van der Waals surface area contributed by atoms with Crippen molar-refractivity contribution in [1.29, 1.82) is 0 Å². The third-order valence-corrected chi connectivity index (χ3v) is 4.04. The Morgan fingerprint density at radius 3 is 2.43 bits per heavy atom. The molecule has 0 aliphatic carbocycles. The molecule has 1 aliphatic heterocycles. The van der Waals surface area contributed by atoms with Gasteiger partial charge < -0.3 is 14.5 Å². The smallest absolute Gasteiger partial charge is 0.147 e. The monoisotopic (exact) mass is 303 g/mol. The fourth-order valence-electron chi connectivity index (χ4n) is 2.66. The molecule has 2 heterocycles. The van der Waals surface area contributed by atoms with Gasteiger partial charge in [0, 0.05) is 32.4 Å². The summed E-state index contributed by atoms with van der Waals surface area (Å²) in [5.41, 5.74) is 1.15. The molecule has 1 aromatic carbocycles. The Labute approximate surface area is 129 Å². The maximum Gasteiger partial charge on any atom is 0.147 e. The van der Waals surface area contributed by atoms with Gasteiger partial charge in [0.2, 0.25) is 0 Å². The number of benzene rings is 1. The average molecular weight is 304 g/mol. The van der Waals surface area contributed by atoms with E-state index in [1.807, 2.05) is 30.3 Å². The van der Waals surface area contributed by atoms with Gasteiger partial charge in [-0.2, -0.15) is 0 Å². The summed E-state index contributed by atoms with van der Waals surface area (Å²) in [5, 5.41) is 0.711. The summed E-state index contributed by atoms with van der Waals surface area (Å²) in [5.74, 6) is 1.79. The van der Waals surface area contributed by atoms with E-state index in [4.69, 9.17) is 16.3 Å². The van der Waals surface area contributed by atoms with Gasteiger partial charge in [-0.1, -0.05) is 23.7 Å². The molecule has 0 bridgehead atoms. The molecule has 0 atom stereocenters. The number of aromatic nitrogens is 1. The molecular weight excluding hydrogens is 286 g/mol. The Hall–Kier alpha value is -1.94. The van der Waals surface area contributed by atoms with E-state index in [-0.39, 0.29) is 0 Å². The summed E-state index contributed by atoms with van der Waals surface area (Å²) in [6, 6.07) is 11.9. The fourth-order valence-corrected chi connectivity index (χ4v) is 2.90. The van der Waals surface area contributed by atoms with Crippen molar-refractivity contribution >= 4 is 23.1 Å². The number of hydrogen-bond acceptors (Lipinski definition) is 4. The summed E-state index contributed by atoms with van der Waals surface area (Å²) in [7, 11) is 1.71.